The summed E-state index contributed by atoms with van der Waals surface area (Å²) in [6, 6.07) is 6.01. The van der Waals surface area contributed by atoms with Crippen molar-refractivity contribution in [3.05, 3.63) is 30.1 Å². The number of rotatable bonds is 10. The van der Waals surface area contributed by atoms with Crippen LogP contribution in [0.4, 0.5) is 4.39 Å². The Bertz CT molecular complexity index is 603. The summed E-state index contributed by atoms with van der Waals surface area (Å²) in [7, 11) is 0. The molecule has 0 aromatic heterocycles. The summed E-state index contributed by atoms with van der Waals surface area (Å²) in [6.45, 7) is 5.34. The second-order valence-electron chi connectivity index (χ2n) is 6.62. The smallest absolute Gasteiger partial charge is 0.317 e. The van der Waals surface area contributed by atoms with Crippen LogP contribution < -0.4 is 10.1 Å². The Hall–Kier alpha value is -2.19. The maximum atomic E-state index is 12.8. The van der Waals surface area contributed by atoms with Gasteiger partial charge in [-0.3, -0.25) is 19.4 Å². The van der Waals surface area contributed by atoms with Crippen molar-refractivity contribution in [1.82, 2.24) is 15.1 Å². The number of nitrogens with one attached hydrogen (secondary N) is 1. The number of aliphatic carboxylic acids is 1. The van der Waals surface area contributed by atoms with Crippen LogP contribution in [0.3, 0.4) is 0 Å². The molecule has 1 fully saturated rings. The molecule has 8 heteroatoms. The molecule has 1 aliphatic heterocycles. The third-order valence-corrected chi connectivity index (χ3v) is 4.69. The minimum atomic E-state index is -0.804. The van der Waals surface area contributed by atoms with Crippen LogP contribution in [0.5, 0.6) is 5.75 Å². The summed E-state index contributed by atoms with van der Waals surface area (Å²) in [5.41, 5.74) is 0. The van der Waals surface area contributed by atoms with Gasteiger partial charge in [0.05, 0.1) is 19.6 Å². The van der Waals surface area contributed by atoms with Crippen molar-refractivity contribution in [3.63, 3.8) is 0 Å². The Morgan fingerprint density at radius 2 is 1.96 bits per heavy atom. The maximum absolute atomic E-state index is 12.8. The summed E-state index contributed by atoms with van der Waals surface area (Å²) in [5.74, 6) is -0.616. The highest BCUT2D eigenvalue weighted by atomic mass is 19.1. The average Bonchev–Trinajstić information content (AvgIpc) is 2.65. The maximum Gasteiger partial charge on any atom is 0.317 e. The lowest BCUT2D eigenvalue weighted by molar-refractivity contribution is -0.139. The molecule has 1 heterocycles. The second kappa shape index (κ2) is 10.8. The zero-order valence-corrected chi connectivity index (χ0v) is 15.7. The number of hydrogen-bond donors (Lipinski definition) is 2. The van der Waals surface area contributed by atoms with E-state index in [2.05, 4.69) is 10.2 Å². The summed E-state index contributed by atoms with van der Waals surface area (Å²) in [4.78, 5) is 27.0. The van der Waals surface area contributed by atoms with Crippen molar-refractivity contribution in [2.75, 3.05) is 45.9 Å². The molecule has 1 amide bonds. The van der Waals surface area contributed by atoms with E-state index in [9.17, 15) is 14.0 Å². The van der Waals surface area contributed by atoms with Gasteiger partial charge in [0.1, 0.15) is 18.2 Å². The van der Waals surface area contributed by atoms with Gasteiger partial charge in [-0.15, -0.1) is 0 Å². The number of piperidine rings is 1. The first-order valence-electron chi connectivity index (χ1n) is 9.31. The van der Waals surface area contributed by atoms with E-state index in [-0.39, 0.29) is 24.3 Å². The van der Waals surface area contributed by atoms with Crippen LogP contribution in [0.1, 0.15) is 19.8 Å². The molecule has 0 atom stereocenters. The SMILES string of the molecule is CCN(CC(=O)O)C1CCN(CC(=O)NCCOc2ccc(F)cc2)CC1. The first-order valence-corrected chi connectivity index (χ1v) is 9.31. The number of carboxylic acids is 1. The van der Waals surface area contributed by atoms with Crippen molar-refractivity contribution in [3.8, 4) is 5.75 Å². The number of hydrogen-bond acceptors (Lipinski definition) is 5. The summed E-state index contributed by atoms with van der Waals surface area (Å²) >= 11 is 0. The van der Waals surface area contributed by atoms with Gasteiger partial charge in [-0.1, -0.05) is 6.92 Å². The van der Waals surface area contributed by atoms with E-state index in [1.165, 1.54) is 12.1 Å². The molecule has 2 rings (SSSR count). The number of amides is 1. The highest BCUT2D eigenvalue weighted by Crippen LogP contribution is 2.16. The summed E-state index contributed by atoms with van der Waals surface area (Å²) < 4.78 is 18.2. The number of ether oxygens (including phenoxy) is 1. The van der Waals surface area contributed by atoms with Gasteiger partial charge in [0.2, 0.25) is 5.91 Å². The van der Waals surface area contributed by atoms with Crippen molar-refractivity contribution in [1.29, 1.82) is 0 Å². The first kappa shape index (κ1) is 21.1. The standard InChI is InChI=1S/C19H28FN3O4/c1-2-23(14-19(25)26)16-7-10-22(11-8-16)13-18(24)21-9-12-27-17-5-3-15(20)4-6-17/h3-6,16H,2,7-14H2,1H3,(H,21,24)(H,25,26). The Morgan fingerprint density at radius 3 is 2.56 bits per heavy atom. The van der Waals surface area contributed by atoms with Crippen molar-refractivity contribution < 1.29 is 23.8 Å². The minimum Gasteiger partial charge on any atom is -0.492 e. The largest absolute Gasteiger partial charge is 0.492 e. The van der Waals surface area contributed by atoms with Gasteiger partial charge in [0.25, 0.3) is 0 Å². The van der Waals surface area contributed by atoms with Crippen LogP contribution in [0.25, 0.3) is 0 Å². The molecule has 27 heavy (non-hydrogen) atoms. The van der Waals surface area contributed by atoms with Crippen LogP contribution in [0.2, 0.25) is 0 Å². The molecule has 0 aliphatic carbocycles. The van der Waals surface area contributed by atoms with Gasteiger partial charge in [-0.2, -0.15) is 0 Å². The van der Waals surface area contributed by atoms with Crippen molar-refractivity contribution >= 4 is 11.9 Å². The van der Waals surface area contributed by atoms with Crippen LogP contribution in [-0.2, 0) is 9.59 Å². The molecular formula is C19H28FN3O4. The molecule has 150 valence electrons. The molecule has 0 bridgehead atoms. The Morgan fingerprint density at radius 1 is 1.30 bits per heavy atom. The van der Waals surface area contributed by atoms with Crippen molar-refractivity contribution in [2.24, 2.45) is 0 Å². The zero-order chi connectivity index (χ0) is 19.6. The van der Waals surface area contributed by atoms with Gasteiger partial charge < -0.3 is 15.2 Å². The van der Waals surface area contributed by atoms with E-state index < -0.39 is 5.97 Å². The summed E-state index contributed by atoms with van der Waals surface area (Å²) in [6.07, 6.45) is 1.73. The predicted molar refractivity (Wildman–Crippen MR) is 99.2 cm³/mol. The van der Waals surface area contributed by atoms with Crippen LogP contribution in [0.15, 0.2) is 24.3 Å². The molecule has 7 nitrogen and oxygen atoms in total. The molecule has 0 spiro atoms. The van der Waals surface area contributed by atoms with E-state index >= 15 is 0 Å². The monoisotopic (exact) mass is 381 g/mol. The van der Waals surface area contributed by atoms with E-state index in [0.29, 0.717) is 32.0 Å². The fourth-order valence-electron chi connectivity index (χ4n) is 3.26. The fraction of sp³-hybridized carbons (Fsp3) is 0.579. The Kier molecular flexibility index (Phi) is 8.47. The van der Waals surface area contributed by atoms with Crippen LogP contribution in [0, 0.1) is 5.82 Å². The van der Waals surface area contributed by atoms with Gasteiger partial charge in [-0.05, 0) is 43.7 Å². The van der Waals surface area contributed by atoms with Gasteiger partial charge >= 0.3 is 5.97 Å². The number of halogens is 1. The molecule has 1 aromatic rings. The third kappa shape index (κ3) is 7.52. The molecule has 2 N–H and O–H groups in total. The summed E-state index contributed by atoms with van der Waals surface area (Å²) in [5, 5.41) is 11.8. The molecule has 1 aromatic carbocycles. The lowest BCUT2D eigenvalue weighted by Gasteiger charge is -2.37. The second-order valence-corrected chi connectivity index (χ2v) is 6.62. The fourth-order valence-corrected chi connectivity index (χ4v) is 3.26. The highest BCUT2D eigenvalue weighted by molar-refractivity contribution is 5.78. The van der Waals surface area contributed by atoms with E-state index in [1.807, 2.05) is 11.8 Å². The predicted octanol–water partition coefficient (Wildman–Crippen LogP) is 1.19. The number of carbonyl (C=O) groups is 2. The quantitative estimate of drug-likeness (QED) is 0.593. The van der Waals surface area contributed by atoms with Crippen LogP contribution >= 0.6 is 0 Å². The number of carbonyl (C=O) groups excluding carboxylic acids is 1. The minimum absolute atomic E-state index is 0.0611. The molecular weight excluding hydrogens is 353 g/mol. The molecule has 1 aliphatic rings. The van der Waals surface area contributed by atoms with Gasteiger partial charge in [0, 0.05) is 19.1 Å². The van der Waals surface area contributed by atoms with Gasteiger partial charge in [0.15, 0.2) is 0 Å². The lowest BCUT2D eigenvalue weighted by Crippen LogP contribution is -2.48. The Labute approximate surface area is 159 Å². The number of nitrogens with zero attached hydrogens (tertiary/aromatic N) is 2. The van der Waals surface area contributed by atoms with Crippen LogP contribution in [-0.4, -0.2) is 78.7 Å². The normalized spacial score (nSPS) is 15.7. The molecule has 1 saturated heterocycles. The lowest BCUT2D eigenvalue weighted by atomic mass is 10.0. The topological polar surface area (TPSA) is 82.1 Å². The molecule has 0 radical (unpaired) electrons. The van der Waals surface area contributed by atoms with E-state index in [0.717, 1.165) is 25.9 Å². The van der Waals surface area contributed by atoms with E-state index in [4.69, 9.17) is 9.84 Å². The van der Waals surface area contributed by atoms with E-state index in [1.54, 1.807) is 12.1 Å². The number of likely N-dealkylation sites (tertiary alicyclic amines) is 1. The third-order valence-electron chi connectivity index (χ3n) is 4.69. The highest BCUT2D eigenvalue weighted by Gasteiger charge is 2.25. The Balaban J connectivity index is 1.61. The van der Waals surface area contributed by atoms with Crippen molar-refractivity contribution in [2.45, 2.75) is 25.8 Å². The molecule has 0 unspecified atom stereocenters. The number of carboxylic acid groups (broad SMARTS) is 1. The average molecular weight is 381 g/mol. The zero-order valence-electron chi connectivity index (χ0n) is 15.7. The number of likely N-dealkylation sites (N-methyl/N-ethyl adjacent to an activating group) is 1. The number of benzene rings is 1. The first-order chi connectivity index (χ1) is 13.0. The van der Waals surface area contributed by atoms with Gasteiger partial charge in [-0.25, -0.2) is 4.39 Å². The molecule has 0 saturated carbocycles.